The summed E-state index contributed by atoms with van der Waals surface area (Å²) in [5.74, 6) is -0.372. The predicted molar refractivity (Wildman–Crippen MR) is 97.6 cm³/mol. The lowest BCUT2D eigenvalue weighted by Gasteiger charge is -2.28. The van der Waals surface area contributed by atoms with Gasteiger partial charge in [0.15, 0.2) is 0 Å². The first kappa shape index (κ1) is 17.4. The Morgan fingerprint density at radius 2 is 2.12 bits per heavy atom. The number of aryl methyl sites for hydroxylation is 1. The molecule has 25 heavy (non-hydrogen) atoms. The minimum Gasteiger partial charge on any atom is -0.465 e. The SMILES string of the molecule is Cc1cccc(-c2cc(F)ccc2N(C[C@H]2CCCN2C)C(=O)O)c1. The van der Waals surface area contributed by atoms with Gasteiger partial charge in [0.05, 0.1) is 5.69 Å². The standard InChI is InChI=1S/C20H23FN2O2/c1-14-5-3-6-15(11-14)18-12-16(21)8-9-19(18)23(20(24)25)13-17-7-4-10-22(17)2/h3,5-6,8-9,11-12,17H,4,7,10,13H2,1-2H3,(H,24,25)/t17-/m1/s1. The van der Waals surface area contributed by atoms with Gasteiger partial charge in [0.25, 0.3) is 0 Å². The van der Waals surface area contributed by atoms with Crippen molar-refractivity contribution in [2.75, 3.05) is 25.0 Å². The first-order valence-corrected chi connectivity index (χ1v) is 8.53. The van der Waals surface area contributed by atoms with Crippen LogP contribution in [0.5, 0.6) is 0 Å². The third kappa shape index (κ3) is 3.82. The normalized spacial score (nSPS) is 17.6. The number of hydrogen-bond acceptors (Lipinski definition) is 2. The molecular formula is C20H23FN2O2. The molecule has 0 spiro atoms. The van der Waals surface area contributed by atoms with Crippen LogP contribution in [0.2, 0.25) is 0 Å². The Morgan fingerprint density at radius 3 is 2.76 bits per heavy atom. The summed E-state index contributed by atoms with van der Waals surface area (Å²) in [5.41, 5.74) is 3.00. The minimum absolute atomic E-state index is 0.187. The number of carboxylic acid groups (broad SMARTS) is 1. The van der Waals surface area contributed by atoms with Crippen LogP contribution in [-0.4, -0.2) is 42.3 Å². The van der Waals surface area contributed by atoms with Crippen LogP contribution < -0.4 is 4.90 Å². The number of nitrogens with zero attached hydrogens (tertiary/aromatic N) is 2. The quantitative estimate of drug-likeness (QED) is 0.897. The largest absolute Gasteiger partial charge is 0.465 e. The maximum absolute atomic E-state index is 13.9. The topological polar surface area (TPSA) is 43.8 Å². The van der Waals surface area contributed by atoms with Crippen LogP contribution >= 0.6 is 0 Å². The van der Waals surface area contributed by atoms with Gasteiger partial charge in [-0.2, -0.15) is 0 Å². The number of likely N-dealkylation sites (tertiary alicyclic amines) is 1. The van der Waals surface area contributed by atoms with Gasteiger partial charge in [0.1, 0.15) is 5.82 Å². The van der Waals surface area contributed by atoms with Gasteiger partial charge in [-0.25, -0.2) is 9.18 Å². The summed E-state index contributed by atoms with van der Waals surface area (Å²) in [6, 6.07) is 12.2. The molecule has 1 atom stereocenters. The Kier molecular flexibility index (Phi) is 5.04. The molecule has 1 saturated heterocycles. The molecule has 5 heteroatoms. The summed E-state index contributed by atoms with van der Waals surface area (Å²) in [6.07, 6.45) is 1.03. The maximum Gasteiger partial charge on any atom is 0.411 e. The second-order valence-electron chi connectivity index (χ2n) is 6.70. The van der Waals surface area contributed by atoms with Gasteiger partial charge in [-0.1, -0.05) is 29.8 Å². The molecule has 0 saturated carbocycles. The van der Waals surface area contributed by atoms with Crippen LogP contribution in [0.1, 0.15) is 18.4 Å². The van der Waals surface area contributed by atoms with Gasteiger partial charge in [0, 0.05) is 18.2 Å². The van der Waals surface area contributed by atoms with E-state index in [0.717, 1.165) is 30.5 Å². The van der Waals surface area contributed by atoms with Crippen molar-refractivity contribution in [3.05, 3.63) is 53.8 Å². The van der Waals surface area contributed by atoms with E-state index in [1.54, 1.807) is 6.07 Å². The van der Waals surface area contributed by atoms with Crippen molar-refractivity contribution >= 4 is 11.8 Å². The maximum atomic E-state index is 13.9. The molecule has 1 aliphatic heterocycles. The summed E-state index contributed by atoms with van der Waals surface area (Å²) in [4.78, 5) is 15.5. The van der Waals surface area contributed by atoms with Crippen LogP contribution in [0.25, 0.3) is 11.1 Å². The van der Waals surface area contributed by atoms with Gasteiger partial charge in [-0.05, 0) is 57.1 Å². The Hall–Kier alpha value is -2.40. The van der Waals surface area contributed by atoms with Crippen molar-refractivity contribution in [3.63, 3.8) is 0 Å². The molecule has 1 amide bonds. The van der Waals surface area contributed by atoms with E-state index in [4.69, 9.17) is 0 Å². The highest BCUT2D eigenvalue weighted by atomic mass is 19.1. The molecule has 0 unspecified atom stereocenters. The smallest absolute Gasteiger partial charge is 0.411 e. The molecule has 3 rings (SSSR count). The molecule has 0 aliphatic carbocycles. The van der Waals surface area contributed by atoms with E-state index >= 15 is 0 Å². The summed E-state index contributed by atoms with van der Waals surface area (Å²) >= 11 is 0. The van der Waals surface area contributed by atoms with Crippen molar-refractivity contribution in [3.8, 4) is 11.1 Å². The van der Waals surface area contributed by atoms with Crippen molar-refractivity contribution in [2.24, 2.45) is 0 Å². The number of anilines is 1. The second kappa shape index (κ2) is 7.23. The molecule has 0 radical (unpaired) electrons. The van der Waals surface area contributed by atoms with E-state index in [1.807, 2.05) is 38.2 Å². The Bertz CT molecular complexity index is 778. The molecule has 0 aromatic heterocycles. The van der Waals surface area contributed by atoms with E-state index in [0.29, 0.717) is 17.8 Å². The number of carbonyl (C=O) groups is 1. The Labute approximate surface area is 147 Å². The number of rotatable bonds is 4. The predicted octanol–water partition coefficient (Wildman–Crippen LogP) is 4.38. The van der Waals surface area contributed by atoms with Gasteiger partial charge in [0.2, 0.25) is 0 Å². The molecule has 1 aliphatic rings. The third-order valence-corrected chi connectivity index (χ3v) is 4.87. The summed E-state index contributed by atoms with van der Waals surface area (Å²) in [6.45, 7) is 3.33. The summed E-state index contributed by atoms with van der Waals surface area (Å²) in [7, 11) is 2.02. The fraction of sp³-hybridized carbons (Fsp3) is 0.350. The lowest BCUT2D eigenvalue weighted by molar-refractivity contribution is 0.198. The average molecular weight is 342 g/mol. The number of hydrogen-bond donors (Lipinski definition) is 1. The van der Waals surface area contributed by atoms with Gasteiger partial charge in [-0.15, -0.1) is 0 Å². The fourth-order valence-corrected chi connectivity index (χ4v) is 3.49. The van der Waals surface area contributed by atoms with E-state index in [-0.39, 0.29) is 11.9 Å². The van der Waals surface area contributed by atoms with Crippen LogP contribution in [0.3, 0.4) is 0 Å². The molecule has 1 N–H and O–H groups in total. The van der Waals surface area contributed by atoms with Crippen molar-refractivity contribution in [1.29, 1.82) is 0 Å². The number of benzene rings is 2. The van der Waals surface area contributed by atoms with Crippen LogP contribution in [0, 0.1) is 12.7 Å². The average Bonchev–Trinajstić information content (AvgIpc) is 2.97. The Morgan fingerprint density at radius 1 is 1.32 bits per heavy atom. The van der Waals surface area contributed by atoms with Gasteiger partial charge >= 0.3 is 6.09 Å². The van der Waals surface area contributed by atoms with E-state index < -0.39 is 6.09 Å². The number of amides is 1. The van der Waals surface area contributed by atoms with Crippen LogP contribution in [0.4, 0.5) is 14.9 Å². The van der Waals surface area contributed by atoms with Crippen LogP contribution in [0.15, 0.2) is 42.5 Å². The van der Waals surface area contributed by atoms with E-state index in [2.05, 4.69) is 4.90 Å². The van der Waals surface area contributed by atoms with Gasteiger partial charge in [-0.3, -0.25) is 4.90 Å². The van der Waals surface area contributed by atoms with Gasteiger partial charge < -0.3 is 10.0 Å². The zero-order valence-electron chi connectivity index (χ0n) is 14.6. The fourth-order valence-electron chi connectivity index (χ4n) is 3.49. The molecule has 0 bridgehead atoms. The third-order valence-electron chi connectivity index (χ3n) is 4.87. The highest BCUT2D eigenvalue weighted by molar-refractivity contribution is 5.93. The molecule has 4 nitrogen and oxygen atoms in total. The lowest BCUT2D eigenvalue weighted by Crippen LogP contribution is -2.41. The molecular weight excluding hydrogens is 319 g/mol. The van der Waals surface area contributed by atoms with Crippen molar-refractivity contribution in [2.45, 2.75) is 25.8 Å². The number of halogens is 1. The zero-order chi connectivity index (χ0) is 18.0. The van der Waals surface area contributed by atoms with Crippen molar-refractivity contribution in [1.82, 2.24) is 4.90 Å². The monoisotopic (exact) mass is 342 g/mol. The molecule has 2 aromatic carbocycles. The van der Waals surface area contributed by atoms with E-state index in [1.165, 1.54) is 17.0 Å². The summed E-state index contributed by atoms with van der Waals surface area (Å²) < 4.78 is 13.9. The lowest BCUT2D eigenvalue weighted by atomic mass is 10.0. The zero-order valence-corrected chi connectivity index (χ0v) is 14.6. The van der Waals surface area contributed by atoms with Crippen LogP contribution in [-0.2, 0) is 0 Å². The first-order chi connectivity index (χ1) is 12.0. The first-order valence-electron chi connectivity index (χ1n) is 8.53. The molecule has 132 valence electrons. The highest BCUT2D eigenvalue weighted by Crippen LogP contribution is 2.33. The molecule has 1 fully saturated rings. The molecule has 1 heterocycles. The Balaban J connectivity index is 2.02. The van der Waals surface area contributed by atoms with E-state index in [9.17, 15) is 14.3 Å². The summed E-state index contributed by atoms with van der Waals surface area (Å²) in [5, 5.41) is 9.78. The van der Waals surface area contributed by atoms with Crippen molar-refractivity contribution < 1.29 is 14.3 Å². The molecule has 2 aromatic rings. The highest BCUT2D eigenvalue weighted by Gasteiger charge is 2.28. The number of likely N-dealkylation sites (N-methyl/N-ethyl adjacent to an activating group) is 1. The minimum atomic E-state index is -1.01. The second-order valence-corrected chi connectivity index (χ2v) is 6.70.